The van der Waals surface area contributed by atoms with Crippen molar-refractivity contribution >= 4 is 25.2 Å². The summed E-state index contributed by atoms with van der Waals surface area (Å²) in [5, 5.41) is 3.41. The molecule has 9 nitrogen and oxygen atoms in total. The first-order valence-electron chi connectivity index (χ1n) is 11.5. The van der Waals surface area contributed by atoms with Crippen molar-refractivity contribution in [1.82, 2.24) is 4.57 Å². The topological polar surface area (TPSA) is 144 Å². The Morgan fingerprint density at radius 3 is 2.50 bits per heavy atom. The molecular weight excluding hydrogens is 457 g/mol. The third-order valence-electron chi connectivity index (χ3n) is 6.73. The fourth-order valence-corrected chi connectivity index (χ4v) is 5.85. The monoisotopic (exact) mass is 489 g/mol. The van der Waals surface area contributed by atoms with Crippen LogP contribution in [0.2, 0.25) is 0 Å². The molecule has 0 unspecified atom stereocenters. The lowest BCUT2D eigenvalue weighted by molar-refractivity contribution is 0.0908. The second kappa shape index (κ2) is 8.96. The summed E-state index contributed by atoms with van der Waals surface area (Å²) in [5.74, 6) is -0.390. The molecule has 1 saturated carbocycles. The number of benzene rings is 1. The largest absolute Gasteiger partial charge is 0.469 e. The summed E-state index contributed by atoms with van der Waals surface area (Å²) in [5.41, 5.74) is 10.0. The number of carbonyl (C=O) groups excluding carboxylic acids is 2. The third-order valence-corrected chi connectivity index (χ3v) is 7.30. The standard InChI is InChI=1S/C24H32N3O6P/c1-14-13-27(20-11-24(2,3)12-21(28)22(14)20)16-6-9-18(23(25)29)19(10-16)26-15-4-7-17(8-5-15)33-34(30,31)32/h6,9-10,13,15,17,26H,4-5,7-8,11-12H2,1-3H3,(H2,25,29)(H2,30,31,32)/t15-,17-. The highest BCUT2D eigenvalue weighted by Gasteiger charge is 2.35. The lowest BCUT2D eigenvalue weighted by Crippen LogP contribution is -2.30. The Morgan fingerprint density at radius 2 is 1.88 bits per heavy atom. The zero-order valence-electron chi connectivity index (χ0n) is 19.7. The maximum absolute atomic E-state index is 12.8. The number of anilines is 1. The summed E-state index contributed by atoms with van der Waals surface area (Å²) in [6.45, 7) is 6.13. The highest BCUT2D eigenvalue weighted by atomic mass is 31.2. The van der Waals surface area contributed by atoms with Crippen molar-refractivity contribution in [1.29, 1.82) is 0 Å². The Balaban J connectivity index is 1.61. The number of aromatic nitrogens is 1. The van der Waals surface area contributed by atoms with Gasteiger partial charge in [0.15, 0.2) is 5.78 Å². The number of hydrogen-bond donors (Lipinski definition) is 4. The van der Waals surface area contributed by atoms with Crippen LogP contribution in [0, 0.1) is 12.3 Å². The van der Waals surface area contributed by atoms with Crippen LogP contribution in [0.15, 0.2) is 24.4 Å². The number of carbonyl (C=O) groups is 2. The van der Waals surface area contributed by atoms with Gasteiger partial charge in [-0.2, -0.15) is 0 Å². The van der Waals surface area contributed by atoms with Gasteiger partial charge in [-0.1, -0.05) is 13.8 Å². The molecule has 4 rings (SSSR count). The number of nitrogens with one attached hydrogen (secondary N) is 1. The molecular formula is C24H32N3O6P. The summed E-state index contributed by atoms with van der Waals surface area (Å²) in [6.07, 6.45) is 5.03. The van der Waals surface area contributed by atoms with E-state index in [-0.39, 0.29) is 17.2 Å². The second-order valence-corrected chi connectivity index (χ2v) is 11.4. The molecule has 184 valence electrons. The lowest BCUT2D eigenvalue weighted by Gasteiger charge is -2.31. The van der Waals surface area contributed by atoms with Gasteiger partial charge in [-0.3, -0.25) is 14.1 Å². The minimum atomic E-state index is -4.51. The Bertz CT molecular complexity index is 1170. The Labute approximate surface area is 198 Å². The van der Waals surface area contributed by atoms with E-state index in [1.807, 2.05) is 29.8 Å². The number of hydrogen-bond acceptors (Lipinski definition) is 5. The van der Waals surface area contributed by atoms with Crippen molar-refractivity contribution in [2.45, 2.75) is 71.4 Å². The van der Waals surface area contributed by atoms with Gasteiger partial charge >= 0.3 is 7.82 Å². The zero-order chi connectivity index (χ0) is 24.8. The van der Waals surface area contributed by atoms with E-state index in [2.05, 4.69) is 19.2 Å². The number of nitrogens with zero attached hydrogens (tertiary/aromatic N) is 1. The van der Waals surface area contributed by atoms with Crippen LogP contribution in [0.3, 0.4) is 0 Å². The van der Waals surface area contributed by atoms with Crippen molar-refractivity contribution in [2.24, 2.45) is 11.1 Å². The highest BCUT2D eigenvalue weighted by molar-refractivity contribution is 7.46. The fourth-order valence-electron chi connectivity index (χ4n) is 5.25. The first-order valence-corrected chi connectivity index (χ1v) is 13.0. The summed E-state index contributed by atoms with van der Waals surface area (Å²) >= 11 is 0. The van der Waals surface area contributed by atoms with Crippen LogP contribution in [0.1, 0.15) is 77.9 Å². The smallest absolute Gasteiger partial charge is 0.382 e. The van der Waals surface area contributed by atoms with Gasteiger partial charge in [0.25, 0.3) is 5.91 Å². The average Bonchev–Trinajstić information content (AvgIpc) is 3.03. The summed E-state index contributed by atoms with van der Waals surface area (Å²) < 4.78 is 18.0. The maximum atomic E-state index is 12.8. The summed E-state index contributed by atoms with van der Waals surface area (Å²) in [4.78, 5) is 43.0. The van der Waals surface area contributed by atoms with Crippen molar-refractivity contribution in [3.8, 4) is 5.69 Å². The second-order valence-electron chi connectivity index (χ2n) is 10.3. The van der Waals surface area contributed by atoms with E-state index in [9.17, 15) is 14.2 Å². The molecule has 10 heteroatoms. The van der Waals surface area contributed by atoms with Gasteiger partial charge in [0.2, 0.25) is 0 Å². The van der Waals surface area contributed by atoms with Crippen LogP contribution in [-0.4, -0.2) is 38.2 Å². The van der Waals surface area contributed by atoms with E-state index in [1.165, 1.54) is 0 Å². The number of amides is 1. The molecule has 2 aliphatic rings. The van der Waals surface area contributed by atoms with Gasteiger partial charge in [-0.05, 0) is 68.2 Å². The number of phosphoric ester groups is 1. The average molecular weight is 490 g/mol. The van der Waals surface area contributed by atoms with Gasteiger partial charge < -0.3 is 25.4 Å². The Kier molecular flexibility index (Phi) is 6.50. The lowest BCUT2D eigenvalue weighted by atomic mass is 9.75. The highest BCUT2D eigenvalue weighted by Crippen LogP contribution is 2.42. The molecule has 1 heterocycles. The van der Waals surface area contributed by atoms with E-state index < -0.39 is 19.8 Å². The van der Waals surface area contributed by atoms with Crippen molar-refractivity contribution < 1.29 is 28.5 Å². The predicted octanol–water partition coefficient (Wildman–Crippen LogP) is 3.87. The Hall–Kier alpha value is -2.45. The van der Waals surface area contributed by atoms with Crippen LogP contribution in [0.25, 0.3) is 5.69 Å². The molecule has 1 aromatic carbocycles. The molecule has 0 aliphatic heterocycles. The SMILES string of the molecule is Cc1cn(-c2ccc(C(N)=O)c(N[C@H]3CC[C@H](OP(=O)(O)O)CC3)c2)c2c1C(=O)CC(C)(C)C2. The normalized spacial score (nSPS) is 22.3. The minimum Gasteiger partial charge on any atom is -0.382 e. The molecule has 2 aliphatic carbocycles. The van der Waals surface area contributed by atoms with E-state index in [1.54, 1.807) is 6.07 Å². The molecule has 0 spiro atoms. The van der Waals surface area contributed by atoms with Crippen LogP contribution in [-0.2, 0) is 15.5 Å². The van der Waals surface area contributed by atoms with Gasteiger partial charge in [0.1, 0.15) is 0 Å². The molecule has 2 aromatic rings. The number of primary amides is 1. The van der Waals surface area contributed by atoms with Crippen LogP contribution >= 0.6 is 7.82 Å². The molecule has 1 amide bonds. The van der Waals surface area contributed by atoms with Crippen molar-refractivity contribution in [3.05, 3.63) is 46.8 Å². The molecule has 1 aromatic heterocycles. The van der Waals surface area contributed by atoms with E-state index >= 15 is 0 Å². The third kappa shape index (κ3) is 5.28. The predicted molar refractivity (Wildman–Crippen MR) is 128 cm³/mol. The molecule has 0 saturated heterocycles. The van der Waals surface area contributed by atoms with Crippen LogP contribution in [0.5, 0.6) is 0 Å². The van der Waals surface area contributed by atoms with E-state index in [4.69, 9.17) is 20.0 Å². The summed E-state index contributed by atoms with van der Waals surface area (Å²) in [7, 11) is -4.51. The van der Waals surface area contributed by atoms with E-state index in [0.29, 0.717) is 43.4 Å². The molecule has 5 N–H and O–H groups in total. The zero-order valence-corrected chi connectivity index (χ0v) is 20.6. The quantitative estimate of drug-likeness (QED) is 0.451. The number of phosphoric acid groups is 1. The first-order chi connectivity index (χ1) is 15.8. The first kappa shape index (κ1) is 24.7. The van der Waals surface area contributed by atoms with Crippen molar-refractivity contribution in [3.63, 3.8) is 0 Å². The van der Waals surface area contributed by atoms with Gasteiger partial charge in [-0.15, -0.1) is 0 Å². The minimum absolute atomic E-state index is 0.00537. The molecule has 1 fully saturated rings. The van der Waals surface area contributed by atoms with E-state index in [0.717, 1.165) is 28.9 Å². The fraction of sp³-hybridized carbons (Fsp3) is 0.500. The summed E-state index contributed by atoms with van der Waals surface area (Å²) in [6, 6.07) is 5.41. The van der Waals surface area contributed by atoms with Crippen LogP contribution in [0.4, 0.5) is 5.69 Å². The van der Waals surface area contributed by atoms with Crippen LogP contribution < -0.4 is 11.1 Å². The number of aryl methyl sites for hydroxylation is 1. The number of nitrogens with two attached hydrogens (primary N) is 1. The number of Topliss-reactive ketones (excluding diaryl/α,β-unsaturated/α-hetero) is 1. The maximum Gasteiger partial charge on any atom is 0.469 e. The van der Waals surface area contributed by atoms with Crippen molar-refractivity contribution in [2.75, 3.05) is 5.32 Å². The molecule has 0 bridgehead atoms. The van der Waals surface area contributed by atoms with Gasteiger partial charge in [-0.25, -0.2) is 4.57 Å². The van der Waals surface area contributed by atoms with Gasteiger partial charge in [0.05, 0.1) is 11.7 Å². The van der Waals surface area contributed by atoms with Gasteiger partial charge in [0, 0.05) is 41.3 Å². The number of fused-ring (bicyclic) bond motifs is 1. The molecule has 34 heavy (non-hydrogen) atoms. The molecule has 0 radical (unpaired) electrons. The Morgan fingerprint density at radius 1 is 1.21 bits per heavy atom. The number of rotatable bonds is 6. The molecule has 0 atom stereocenters. The number of ketones is 1.